The summed E-state index contributed by atoms with van der Waals surface area (Å²) in [4.78, 5) is 23.7. The molecule has 7 nitrogen and oxygen atoms in total. The fraction of sp³-hybridized carbons (Fsp3) is 0.500. The molecule has 21 heavy (non-hydrogen) atoms. The van der Waals surface area contributed by atoms with E-state index in [1.54, 1.807) is 6.07 Å². The minimum absolute atomic E-state index is 0.0955. The van der Waals surface area contributed by atoms with Crippen molar-refractivity contribution in [3.8, 4) is 0 Å². The molecule has 0 bridgehead atoms. The van der Waals surface area contributed by atoms with E-state index in [1.807, 2.05) is 25.7 Å². The van der Waals surface area contributed by atoms with E-state index in [-0.39, 0.29) is 17.4 Å². The van der Waals surface area contributed by atoms with Crippen molar-refractivity contribution >= 4 is 17.3 Å². The Kier molecular flexibility index (Phi) is 3.87. The van der Waals surface area contributed by atoms with Gasteiger partial charge in [-0.25, -0.2) is 4.79 Å². The lowest BCUT2D eigenvalue weighted by Crippen LogP contribution is -2.52. The molecule has 1 unspecified atom stereocenters. The molecule has 1 aromatic carbocycles. The molecular formula is C14H18N2O5. The number of benzene rings is 1. The molecule has 0 spiro atoms. The first kappa shape index (κ1) is 15.2. The second-order valence-corrected chi connectivity index (χ2v) is 5.80. The number of hydrogen-bond acceptors (Lipinski definition) is 5. The number of nitro benzene ring substituents is 1. The molecule has 7 heteroatoms. The number of rotatable bonds is 3. The van der Waals surface area contributed by atoms with Crippen LogP contribution in [0.2, 0.25) is 0 Å². The topological polar surface area (TPSA) is 92.9 Å². The summed E-state index contributed by atoms with van der Waals surface area (Å²) in [6.45, 7) is 6.64. The Balaban J connectivity index is 2.51. The number of anilines is 1. The fourth-order valence-electron chi connectivity index (χ4n) is 2.79. The van der Waals surface area contributed by atoms with Gasteiger partial charge in [0.15, 0.2) is 0 Å². The first-order valence-electron chi connectivity index (χ1n) is 6.65. The summed E-state index contributed by atoms with van der Waals surface area (Å²) in [5, 5.41) is 20.5. The van der Waals surface area contributed by atoms with Crippen LogP contribution in [0.3, 0.4) is 0 Å². The van der Waals surface area contributed by atoms with Crippen molar-refractivity contribution < 1.29 is 19.6 Å². The number of carbonyl (C=O) groups is 1. The van der Waals surface area contributed by atoms with Gasteiger partial charge in [-0.2, -0.15) is 0 Å². The molecule has 0 aromatic heterocycles. The number of nitrogens with zero attached hydrogens (tertiary/aromatic N) is 2. The second-order valence-electron chi connectivity index (χ2n) is 5.80. The van der Waals surface area contributed by atoms with Gasteiger partial charge in [-0.15, -0.1) is 0 Å². The lowest BCUT2D eigenvalue weighted by Gasteiger charge is -2.42. The number of hydrogen-bond donors (Lipinski definition) is 1. The van der Waals surface area contributed by atoms with Gasteiger partial charge >= 0.3 is 11.7 Å². The van der Waals surface area contributed by atoms with Gasteiger partial charge in [0.05, 0.1) is 16.6 Å². The Labute approximate surface area is 122 Å². The van der Waals surface area contributed by atoms with E-state index in [0.29, 0.717) is 18.8 Å². The van der Waals surface area contributed by atoms with Gasteiger partial charge in [-0.1, -0.05) is 6.07 Å². The van der Waals surface area contributed by atoms with Gasteiger partial charge in [0.2, 0.25) is 0 Å². The highest BCUT2D eigenvalue weighted by atomic mass is 16.6. The summed E-state index contributed by atoms with van der Waals surface area (Å²) in [7, 11) is 0. The van der Waals surface area contributed by atoms with E-state index < -0.39 is 16.5 Å². The average Bonchev–Trinajstić information content (AvgIpc) is 2.35. The maximum Gasteiger partial charge on any atom is 0.342 e. The quantitative estimate of drug-likeness (QED) is 0.679. The van der Waals surface area contributed by atoms with Crippen LogP contribution < -0.4 is 4.90 Å². The highest BCUT2D eigenvalue weighted by Crippen LogP contribution is 2.35. The van der Waals surface area contributed by atoms with Gasteiger partial charge < -0.3 is 14.7 Å². The van der Waals surface area contributed by atoms with E-state index >= 15 is 0 Å². The number of para-hydroxylation sites is 1. The Morgan fingerprint density at radius 1 is 1.52 bits per heavy atom. The Bertz CT molecular complexity index is 585. The normalized spacial score (nSPS) is 21.1. The van der Waals surface area contributed by atoms with Crippen molar-refractivity contribution in [2.24, 2.45) is 0 Å². The van der Waals surface area contributed by atoms with E-state index in [2.05, 4.69) is 0 Å². The minimum atomic E-state index is -1.30. The monoisotopic (exact) mass is 294 g/mol. The number of carboxylic acids is 1. The van der Waals surface area contributed by atoms with Crippen molar-refractivity contribution in [1.29, 1.82) is 0 Å². The predicted octanol–water partition coefficient (Wildman–Crippen LogP) is 2.30. The Morgan fingerprint density at radius 2 is 2.19 bits per heavy atom. The van der Waals surface area contributed by atoms with E-state index in [0.717, 1.165) is 0 Å². The van der Waals surface area contributed by atoms with Gasteiger partial charge in [-0.05, 0) is 32.9 Å². The van der Waals surface area contributed by atoms with Gasteiger partial charge in [0, 0.05) is 13.1 Å². The fourth-order valence-corrected chi connectivity index (χ4v) is 2.79. The standard InChI is InChI=1S/C14H18N2O5/c1-9-7-15(8-14(2,3)21-9)11-6-4-5-10(13(17)18)12(11)16(19)20/h4-6,9H,7-8H2,1-3H3,(H,17,18). The third kappa shape index (κ3) is 3.13. The van der Waals surface area contributed by atoms with Crippen molar-refractivity contribution in [2.75, 3.05) is 18.0 Å². The lowest BCUT2D eigenvalue weighted by atomic mass is 10.0. The maximum atomic E-state index is 11.3. The first-order valence-corrected chi connectivity index (χ1v) is 6.65. The maximum absolute atomic E-state index is 11.3. The first-order chi connectivity index (χ1) is 9.71. The van der Waals surface area contributed by atoms with Crippen LogP contribution in [0.1, 0.15) is 31.1 Å². The summed E-state index contributed by atoms with van der Waals surface area (Å²) < 4.78 is 5.78. The molecule has 1 heterocycles. The molecule has 1 aromatic rings. The molecule has 1 atom stereocenters. The van der Waals surface area contributed by atoms with Crippen molar-refractivity contribution in [2.45, 2.75) is 32.5 Å². The third-order valence-electron chi connectivity index (χ3n) is 3.34. The minimum Gasteiger partial charge on any atom is -0.477 e. The van der Waals surface area contributed by atoms with Crippen LogP contribution in [0.4, 0.5) is 11.4 Å². The zero-order chi connectivity index (χ0) is 15.8. The molecule has 0 radical (unpaired) electrons. The van der Waals surface area contributed by atoms with E-state index in [1.165, 1.54) is 12.1 Å². The van der Waals surface area contributed by atoms with Crippen LogP contribution in [0.15, 0.2) is 18.2 Å². The zero-order valence-electron chi connectivity index (χ0n) is 12.2. The van der Waals surface area contributed by atoms with Crippen LogP contribution in [0.5, 0.6) is 0 Å². The van der Waals surface area contributed by atoms with Crippen molar-refractivity contribution in [1.82, 2.24) is 0 Å². The van der Waals surface area contributed by atoms with Gasteiger partial charge in [-0.3, -0.25) is 10.1 Å². The molecule has 0 saturated carbocycles. The molecule has 114 valence electrons. The zero-order valence-corrected chi connectivity index (χ0v) is 12.2. The summed E-state index contributed by atoms with van der Waals surface area (Å²) in [6, 6.07) is 4.36. The van der Waals surface area contributed by atoms with E-state index in [9.17, 15) is 14.9 Å². The molecule has 1 N–H and O–H groups in total. The highest BCUT2D eigenvalue weighted by molar-refractivity contribution is 5.95. The number of ether oxygens (including phenoxy) is 1. The Hall–Kier alpha value is -2.15. The van der Waals surface area contributed by atoms with Crippen molar-refractivity contribution in [3.63, 3.8) is 0 Å². The molecule has 0 aliphatic carbocycles. The smallest absolute Gasteiger partial charge is 0.342 e. The summed E-state index contributed by atoms with van der Waals surface area (Å²) >= 11 is 0. The number of carboxylic acid groups (broad SMARTS) is 1. The molecule has 1 aliphatic rings. The molecule has 2 rings (SSSR count). The molecular weight excluding hydrogens is 276 g/mol. The van der Waals surface area contributed by atoms with Gasteiger partial charge in [0.25, 0.3) is 0 Å². The third-order valence-corrected chi connectivity index (χ3v) is 3.34. The highest BCUT2D eigenvalue weighted by Gasteiger charge is 2.35. The SMILES string of the molecule is CC1CN(c2cccc(C(=O)O)c2[N+](=O)[O-])CC(C)(C)O1. The van der Waals surface area contributed by atoms with E-state index in [4.69, 9.17) is 9.84 Å². The van der Waals surface area contributed by atoms with Crippen LogP contribution in [-0.2, 0) is 4.74 Å². The summed E-state index contributed by atoms with van der Waals surface area (Å²) in [5.74, 6) is -1.30. The second kappa shape index (κ2) is 5.33. The summed E-state index contributed by atoms with van der Waals surface area (Å²) in [5.41, 5.74) is -0.794. The molecule has 1 saturated heterocycles. The average molecular weight is 294 g/mol. The van der Waals surface area contributed by atoms with Crippen LogP contribution >= 0.6 is 0 Å². The van der Waals surface area contributed by atoms with Gasteiger partial charge in [0.1, 0.15) is 11.3 Å². The Morgan fingerprint density at radius 3 is 2.71 bits per heavy atom. The van der Waals surface area contributed by atoms with Crippen LogP contribution in [0, 0.1) is 10.1 Å². The number of aromatic carboxylic acids is 1. The van der Waals surface area contributed by atoms with Crippen molar-refractivity contribution in [3.05, 3.63) is 33.9 Å². The molecule has 1 aliphatic heterocycles. The van der Waals surface area contributed by atoms with Crippen LogP contribution in [-0.4, -0.2) is 40.8 Å². The van der Waals surface area contributed by atoms with Crippen LogP contribution in [0.25, 0.3) is 0 Å². The lowest BCUT2D eigenvalue weighted by molar-refractivity contribution is -0.384. The molecule has 0 amide bonds. The number of morpholine rings is 1. The predicted molar refractivity (Wildman–Crippen MR) is 76.9 cm³/mol. The summed E-state index contributed by atoms with van der Waals surface area (Å²) in [6.07, 6.45) is -0.0955. The largest absolute Gasteiger partial charge is 0.477 e. The molecule has 1 fully saturated rings. The number of nitro groups is 1.